The van der Waals surface area contributed by atoms with E-state index in [1.54, 1.807) is 0 Å². The van der Waals surface area contributed by atoms with Crippen LogP contribution in [0, 0.1) is 3.57 Å². The van der Waals surface area contributed by atoms with Crippen LogP contribution in [-0.4, -0.2) is 37.4 Å². The highest BCUT2D eigenvalue weighted by atomic mass is 127. The summed E-state index contributed by atoms with van der Waals surface area (Å²) in [6.45, 7) is 7.28. The number of anilines is 1. The molecular weight excluding hydrogens is 717 g/mol. The number of hydrogen-bond donors (Lipinski definition) is 1. The number of halogens is 1. The van der Waals surface area contributed by atoms with E-state index in [9.17, 15) is 4.79 Å². The molecule has 240 valence electrons. The average Bonchev–Trinajstić information content (AvgIpc) is 3.43. The van der Waals surface area contributed by atoms with Crippen LogP contribution in [0.3, 0.4) is 0 Å². The van der Waals surface area contributed by atoms with Crippen LogP contribution in [0.1, 0.15) is 72.8 Å². The van der Waals surface area contributed by atoms with Crippen molar-refractivity contribution < 1.29 is 14.3 Å². The molecule has 3 heterocycles. The zero-order chi connectivity index (χ0) is 32.3. The van der Waals surface area contributed by atoms with Crippen LogP contribution < -0.4 is 19.7 Å². The summed E-state index contributed by atoms with van der Waals surface area (Å²) in [7, 11) is 0. The Labute approximate surface area is 294 Å². The van der Waals surface area contributed by atoms with Gasteiger partial charge in [0.15, 0.2) is 16.7 Å². The van der Waals surface area contributed by atoms with E-state index >= 15 is 0 Å². The summed E-state index contributed by atoms with van der Waals surface area (Å²) in [5, 5.41) is 3.62. The van der Waals surface area contributed by atoms with E-state index in [0.29, 0.717) is 40.9 Å². The summed E-state index contributed by atoms with van der Waals surface area (Å²) in [4.78, 5) is 21.5. The van der Waals surface area contributed by atoms with Gasteiger partial charge >= 0.3 is 0 Å². The lowest BCUT2D eigenvalue weighted by Gasteiger charge is -2.43. The van der Waals surface area contributed by atoms with Crippen molar-refractivity contribution in [2.75, 3.05) is 31.2 Å². The number of benzene rings is 4. The Morgan fingerprint density at radius 2 is 1.55 bits per heavy atom. The molecule has 0 aliphatic carbocycles. The molecule has 3 aliphatic rings. The van der Waals surface area contributed by atoms with E-state index in [1.807, 2.05) is 25.1 Å². The van der Waals surface area contributed by atoms with Gasteiger partial charge in [-0.1, -0.05) is 67.6 Å². The fourth-order valence-corrected chi connectivity index (χ4v) is 8.55. The second-order valence-corrected chi connectivity index (χ2v) is 14.2. The number of carbonyl (C=O) groups is 1. The molecule has 0 aromatic heterocycles. The van der Waals surface area contributed by atoms with Crippen molar-refractivity contribution in [3.05, 3.63) is 121 Å². The molecule has 8 heteroatoms. The van der Waals surface area contributed by atoms with Crippen LogP contribution in [0.2, 0.25) is 0 Å². The van der Waals surface area contributed by atoms with Gasteiger partial charge in [-0.2, -0.15) is 0 Å². The van der Waals surface area contributed by atoms with Gasteiger partial charge in [-0.3, -0.25) is 4.79 Å². The third-order valence-corrected chi connectivity index (χ3v) is 10.7. The van der Waals surface area contributed by atoms with E-state index in [-0.39, 0.29) is 5.91 Å². The summed E-state index contributed by atoms with van der Waals surface area (Å²) in [6, 6.07) is 30.1. The van der Waals surface area contributed by atoms with Gasteiger partial charge in [0.2, 0.25) is 0 Å². The van der Waals surface area contributed by atoms with Gasteiger partial charge in [0.25, 0.3) is 5.91 Å². The Morgan fingerprint density at radius 3 is 2.15 bits per heavy atom. The largest absolute Gasteiger partial charge is 0.490 e. The molecule has 0 bridgehead atoms. The topological polar surface area (TPSA) is 63.2 Å². The van der Waals surface area contributed by atoms with Crippen LogP contribution in [0.25, 0.3) is 6.08 Å². The molecule has 1 fully saturated rings. The fourth-order valence-electron chi connectivity index (χ4n) is 6.93. The molecule has 1 amide bonds. The number of nitrogens with one attached hydrogen (secondary N) is 1. The molecule has 47 heavy (non-hydrogen) atoms. The normalized spacial score (nSPS) is 20.3. The molecule has 4 aromatic rings. The summed E-state index contributed by atoms with van der Waals surface area (Å²) in [5.41, 5.74) is 8.45. The van der Waals surface area contributed by atoms with E-state index < -0.39 is 0 Å². The van der Waals surface area contributed by atoms with E-state index in [4.69, 9.17) is 14.5 Å². The summed E-state index contributed by atoms with van der Waals surface area (Å²) in [5.74, 6) is 1.88. The van der Waals surface area contributed by atoms with Gasteiger partial charge in [-0.15, -0.1) is 0 Å². The molecular formula is C39H38IN3O3S. The molecule has 0 unspecified atom stereocenters. The highest BCUT2D eigenvalue weighted by Gasteiger charge is 2.35. The Kier molecular flexibility index (Phi) is 9.58. The molecule has 1 saturated heterocycles. The lowest BCUT2D eigenvalue weighted by Crippen LogP contribution is -2.37. The van der Waals surface area contributed by atoms with Gasteiger partial charge < -0.3 is 19.7 Å². The van der Waals surface area contributed by atoms with Crippen molar-refractivity contribution in [1.29, 1.82) is 0 Å². The number of amides is 1. The Bertz CT molecular complexity index is 1770. The summed E-state index contributed by atoms with van der Waals surface area (Å²) >= 11 is 3.65. The van der Waals surface area contributed by atoms with Gasteiger partial charge in [0.1, 0.15) is 0 Å². The van der Waals surface area contributed by atoms with Gasteiger partial charge in [-0.05, 0) is 119 Å². The second kappa shape index (κ2) is 14.2. The SMILES string of the molecule is CCCOc1c(I)cc(/C=C2\SC(=Nc3cc4c5c(c3)[C@@H](c3ccccc3)CCN5CC[C@@H]4c3ccccc3)NC2=O)cc1OCC. The molecule has 3 aliphatic heterocycles. The molecule has 7 rings (SSSR count). The Morgan fingerprint density at radius 1 is 0.915 bits per heavy atom. The quantitative estimate of drug-likeness (QED) is 0.136. The zero-order valence-electron chi connectivity index (χ0n) is 26.7. The maximum Gasteiger partial charge on any atom is 0.264 e. The van der Waals surface area contributed by atoms with Crippen LogP contribution in [-0.2, 0) is 4.79 Å². The minimum absolute atomic E-state index is 0.150. The van der Waals surface area contributed by atoms with Crippen LogP contribution >= 0.6 is 34.4 Å². The minimum Gasteiger partial charge on any atom is -0.490 e. The van der Waals surface area contributed by atoms with Crippen LogP contribution in [0.15, 0.2) is 94.8 Å². The average molecular weight is 756 g/mol. The smallest absolute Gasteiger partial charge is 0.264 e. The third kappa shape index (κ3) is 6.67. The zero-order valence-corrected chi connectivity index (χ0v) is 29.6. The van der Waals surface area contributed by atoms with Gasteiger partial charge in [-0.25, -0.2) is 4.99 Å². The number of amidine groups is 1. The number of aliphatic imine (C=N–C) groups is 1. The maximum atomic E-state index is 13.2. The summed E-state index contributed by atoms with van der Waals surface area (Å²) in [6.07, 6.45) is 4.95. The first-order valence-corrected chi connectivity index (χ1v) is 18.3. The molecule has 0 saturated carbocycles. The highest BCUT2D eigenvalue weighted by Crippen LogP contribution is 2.50. The van der Waals surface area contributed by atoms with Crippen molar-refractivity contribution >= 4 is 62.9 Å². The maximum absolute atomic E-state index is 13.2. The van der Waals surface area contributed by atoms with E-state index in [1.165, 1.54) is 39.7 Å². The number of ether oxygens (including phenoxy) is 2. The first-order valence-electron chi connectivity index (χ1n) is 16.4. The molecule has 6 nitrogen and oxygen atoms in total. The number of rotatable bonds is 9. The monoisotopic (exact) mass is 755 g/mol. The molecule has 0 radical (unpaired) electrons. The van der Waals surface area contributed by atoms with Crippen molar-refractivity contribution in [3.8, 4) is 11.5 Å². The van der Waals surface area contributed by atoms with E-state index in [2.05, 4.69) is 113 Å². The van der Waals surface area contributed by atoms with Gasteiger partial charge in [0, 0.05) is 30.6 Å². The van der Waals surface area contributed by atoms with Crippen molar-refractivity contribution in [3.63, 3.8) is 0 Å². The second-order valence-electron chi connectivity index (χ2n) is 12.1. The summed E-state index contributed by atoms with van der Waals surface area (Å²) < 4.78 is 12.8. The first-order chi connectivity index (χ1) is 23.0. The Balaban J connectivity index is 1.26. The number of hydrogen-bond acceptors (Lipinski definition) is 6. The number of thioether (sulfide) groups is 1. The predicted molar refractivity (Wildman–Crippen MR) is 201 cm³/mol. The molecule has 0 spiro atoms. The number of carbonyl (C=O) groups excluding carboxylic acids is 1. The molecule has 2 atom stereocenters. The predicted octanol–water partition coefficient (Wildman–Crippen LogP) is 9.25. The minimum atomic E-state index is -0.150. The van der Waals surface area contributed by atoms with Gasteiger partial charge in [0.05, 0.1) is 27.4 Å². The fraction of sp³-hybridized carbons (Fsp3) is 0.282. The standard InChI is InChI=1S/C39H38IN3O3S/c1-3-19-46-37-33(40)20-25(21-34(37)45-4-2)22-35-38(44)42-39(47-35)41-28-23-31-29(26-11-7-5-8-12-26)15-17-43-18-16-30(32(24-28)36(31)43)27-13-9-6-10-14-27/h5-14,20-24,29-30H,3-4,15-19H2,1-2H3,(H,41,42,44)/b35-22-/t29-,30-/m1/s1. The lowest BCUT2D eigenvalue weighted by molar-refractivity contribution is -0.115. The third-order valence-electron chi connectivity index (χ3n) is 8.96. The highest BCUT2D eigenvalue weighted by molar-refractivity contribution is 14.1. The molecule has 1 N–H and O–H groups in total. The van der Waals surface area contributed by atoms with Crippen LogP contribution in [0.5, 0.6) is 11.5 Å². The molecule has 4 aromatic carbocycles. The number of nitrogens with zero attached hydrogens (tertiary/aromatic N) is 2. The lowest BCUT2D eigenvalue weighted by atomic mass is 9.76. The van der Waals surface area contributed by atoms with Crippen molar-refractivity contribution in [2.24, 2.45) is 4.99 Å². The van der Waals surface area contributed by atoms with Crippen LogP contribution in [0.4, 0.5) is 11.4 Å². The van der Waals surface area contributed by atoms with Crippen molar-refractivity contribution in [2.45, 2.75) is 44.9 Å². The first kappa shape index (κ1) is 31.8. The van der Waals surface area contributed by atoms with Crippen molar-refractivity contribution in [1.82, 2.24) is 5.32 Å². The van der Waals surface area contributed by atoms with E-state index in [0.717, 1.165) is 52.9 Å². The Hall–Kier alpha value is -3.76.